The van der Waals surface area contributed by atoms with Crippen LogP contribution in [-0.4, -0.2) is 26.9 Å². The van der Waals surface area contributed by atoms with Crippen LogP contribution in [0.2, 0.25) is 0 Å². The fraction of sp³-hybridized carbons (Fsp3) is 0.462. The number of amides is 1. The number of hydrogen-bond acceptors (Lipinski definition) is 4. The third-order valence-corrected chi connectivity index (χ3v) is 4.90. The number of nitrogens with one attached hydrogen (secondary N) is 2. The molecule has 0 spiro atoms. The first-order valence-corrected chi connectivity index (χ1v) is 8.11. The van der Waals surface area contributed by atoms with Crippen molar-refractivity contribution in [1.29, 1.82) is 0 Å². The minimum atomic E-state index is -3.75. The number of aryl methyl sites for hydroxylation is 1. The van der Waals surface area contributed by atoms with Gasteiger partial charge in [0.2, 0.25) is 15.9 Å². The number of anilines is 1. The third kappa shape index (κ3) is 3.10. The van der Waals surface area contributed by atoms with Gasteiger partial charge in [0, 0.05) is 12.2 Å². The highest BCUT2D eigenvalue weighted by Crippen LogP contribution is 2.20. The predicted octanol–water partition coefficient (Wildman–Crippen LogP) is 0.388. The van der Waals surface area contributed by atoms with Crippen molar-refractivity contribution in [3.63, 3.8) is 0 Å². The maximum Gasteiger partial charge on any atom is 0.241 e. The zero-order valence-corrected chi connectivity index (χ0v) is 12.2. The molecule has 1 aromatic carbocycles. The average molecular weight is 297 g/mol. The van der Waals surface area contributed by atoms with E-state index in [9.17, 15) is 13.2 Å². The van der Waals surface area contributed by atoms with E-state index in [0.717, 1.165) is 6.42 Å². The molecule has 1 saturated heterocycles. The van der Waals surface area contributed by atoms with Crippen molar-refractivity contribution in [3.05, 3.63) is 23.8 Å². The quantitative estimate of drug-likeness (QED) is 0.700. The molecule has 1 aliphatic heterocycles. The molecule has 110 valence electrons. The predicted molar refractivity (Wildman–Crippen MR) is 76.6 cm³/mol. The Morgan fingerprint density at radius 2 is 2.20 bits per heavy atom. The number of nitrogens with two attached hydrogens (primary N) is 1. The lowest BCUT2D eigenvalue weighted by Gasteiger charge is -2.23. The van der Waals surface area contributed by atoms with Gasteiger partial charge in [0.1, 0.15) is 6.04 Å². The van der Waals surface area contributed by atoms with Crippen LogP contribution in [0, 0.1) is 0 Å². The molecule has 0 radical (unpaired) electrons. The Balaban J connectivity index is 2.30. The first-order chi connectivity index (χ1) is 9.44. The fourth-order valence-electron chi connectivity index (χ4n) is 2.25. The Bertz CT molecular complexity index is 613. The van der Waals surface area contributed by atoms with Crippen LogP contribution in [0.5, 0.6) is 0 Å². The molecule has 1 fully saturated rings. The first kappa shape index (κ1) is 14.8. The van der Waals surface area contributed by atoms with E-state index in [1.807, 2.05) is 6.92 Å². The summed E-state index contributed by atoms with van der Waals surface area (Å²) in [5, 5.41) is 2.66. The molecule has 1 aromatic rings. The lowest BCUT2D eigenvalue weighted by molar-refractivity contribution is -0.124. The monoisotopic (exact) mass is 297 g/mol. The van der Waals surface area contributed by atoms with Gasteiger partial charge in [-0.05, 0) is 37.0 Å². The standard InChI is InChI=1S/C13H19N3O3S/c1-2-9-5-6-10(14)8-12(9)20(18,19)16-11-4-3-7-15-13(11)17/h5-6,8,11,16H,2-4,7,14H2,1H3,(H,15,17). The molecule has 20 heavy (non-hydrogen) atoms. The summed E-state index contributed by atoms with van der Waals surface area (Å²) >= 11 is 0. The molecule has 0 aliphatic carbocycles. The van der Waals surface area contributed by atoms with Gasteiger partial charge in [-0.3, -0.25) is 4.79 Å². The van der Waals surface area contributed by atoms with Gasteiger partial charge in [-0.25, -0.2) is 8.42 Å². The van der Waals surface area contributed by atoms with Gasteiger partial charge in [-0.15, -0.1) is 0 Å². The third-order valence-electron chi connectivity index (χ3n) is 3.34. The second kappa shape index (κ2) is 5.80. The van der Waals surface area contributed by atoms with Crippen molar-refractivity contribution in [2.75, 3.05) is 12.3 Å². The number of hydrogen-bond donors (Lipinski definition) is 3. The van der Waals surface area contributed by atoms with Crippen molar-refractivity contribution in [1.82, 2.24) is 10.0 Å². The van der Waals surface area contributed by atoms with E-state index < -0.39 is 16.1 Å². The summed E-state index contributed by atoms with van der Waals surface area (Å²) < 4.78 is 27.3. The van der Waals surface area contributed by atoms with Gasteiger partial charge < -0.3 is 11.1 Å². The summed E-state index contributed by atoms with van der Waals surface area (Å²) in [6, 6.07) is 4.10. The second-order valence-electron chi connectivity index (χ2n) is 4.83. The fourth-order valence-corrected chi connectivity index (χ4v) is 3.82. The normalized spacial score (nSPS) is 19.6. The maximum atomic E-state index is 12.4. The molecular formula is C13H19N3O3S. The first-order valence-electron chi connectivity index (χ1n) is 6.62. The summed E-state index contributed by atoms with van der Waals surface area (Å²) in [6.07, 6.45) is 1.85. The summed E-state index contributed by atoms with van der Waals surface area (Å²) in [5.74, 6) is -0.276. The van der Waals surface area contributed by atoms with Crippen molar-refractivity contribution < 1.29 is 13.2 Å². The molecule has 1 heterocycles. The smallest absolute Gasteiger partial charge is 0.241 e. The highest BCUT2D eigenvalue weighted by Gasteiger charge is 2.28. The zero-order chi connectivity index (χ0) is 14.8. The molecule has 6 nitrogen and oxygen atoms in total. The summed E-state index contributed by atoms with van der Waals surface area (Å²) in [7, 11) is -3.75. The van der Waals surface area contributed by atoms with Crippen LogP contribution in [0.4, 0.5) is 5.69 Å². The number of benzene rings is 1. The zero-order valence-electron chi connectivity index (χ0n) is 11.3. The molecule has 2 rings (SSSR count). The van der Waals surface area contributed by atoms with E-state index in [2.05, 4.69) is 10.0 Å². The van der Waals surface area contributed by atoms with Crippen LogP contribution < -0.4 is 15.8 Å². The second-order valence-corrected chi connectivity index (χ2v) is 6.51. The van der Waals surface area contributed by atoms with Gasteiger partial charge in [-0.1, -0.05) is 13.0 Å². The van der Waals surface area contributed by atoms with E-state index in [-0.39, 0.29) is 10.8 Å². The molecule has 1 atom stereocenters. The van der Waals surface area contributed by atoms with Crippen molar-refractivity contribution in [2.45, 2.75) is 37.1 Å². The van der Waals surface area contributed by atoms with E-state index in [1.54, 1.807) is 12.1 Å². The van der Waals surface area contributed by atoms with Crippen LogP contribution in [0.25, 0.3) is 0 Å². The van der Waals surface area contributed by atoms with Gasteiger partial charge >= 0.3 is 0 Å². The largest absolute Gasteiger partial charge is 0.399 e. The summed E-state index contributed by atoms with van der Waals surface area (Å²) in [6.45, 7) is 2.47. The van der Waals surface area contributed by atoms with Crippen LogP contribution in [0.3, 0.4) is 0 Å². The lowest BCUT2D eigenvalue weighted by Crippen LogP contribution is -2.50. The van der Waals surface area contributed by atoms with Crippen LogP contribution in [-0.2, 0) is 21.2 Å². The Hall–Kier alpha value is -1.60. The highest BCUT2D eigenvalue weighted by atomic mass is 32.2. The molecular weight excluding hydrogens is 278 g/mol. The Labute approximate surface area is 118 Å². The summed E-state index contributed by atoms with van der Waals surface area (Å²) in [5.41, 5.74) is 6.74. The van der Waals surface area contributed by atoms with Gasteiger partial charge in [0.05, 0.1) is 4.90 Å². The molecule has 4 N–H and O–H groups in total. The topological polar surface area (TPSA) is 101 Å². The molecule has 0 aromatic heterocycles. The van der Waals surface area contributed by atoms with Gasteiger partial charge in [0.25, 0.3) is 0 Å². The molecule has 1 unspecified atom stereocenters. The maximum absolute atomic E-state index is 12.4. The summed E-state index contributed by atoms with van der Waals surface area (Å²) in [4.78, 5) is 11.8. The van der Waals surface area contributed by atoms with Gasteiger partial charge in [-0.2, -0.15) is 4.72 Å². The van der Waals surface area contributed by atoms with E-state index in [0.29, 0.717) is 30.6 Å². The minimum Gasteiger partial charge on any atom is -0.399 e. The Morgan fingerprint density at radius 3 is 2.85 bits per heavy atom. The molecule has 1 aliphatic rings. The SMILES string of the molecule is CCc1ccc(N)cc1S(=O)(=O)NC1CCCNC1=O. The van der Waals surface area contributed by atoms with Gasteiger partial charge in [0.15, 0.2) is 0 Å². The number of nitrogen functional groups attached to an aromatic ring is 1. The number of sulfonamides is 1. The average Bonchev–Trinajstić information content (AvgIpc) is 2.41. The van der Waals surface area contributed by atoms with Crippen molar-refractivity contribution >= 4 is 21.6 Å². The highest BCUT2D eigenvalue weighted by molar-refractivity contribution is 7.89. The Morgan fingerprint density at radius 1 is 1.45 bits per heavy atom. The van der Waals surface area contributed by atoms with Crippen molar-refractivity contribution in [2.24, 2.45) is 0 Å². The number of piperidine rings is 1. The minimum absolute atomic E-state index is 0.151. The van der Waals surface area contributed by atoms with Crippen LogP contribution in [0.1, 0.15) is 25.3 Å². The van der Waals surface area contributed by atoms with Crippen LogP contribution >= 0.6 is 0 Å². The number of carbonyl (C=O) groups excluding carboxylic acids is 1. The molecule has 0 saturated carbocycles. The van der Waals surface area contributed by atoms with E-state index in [4.69, 9.17) is 5.73 Å². The molecule has 1 amide bonds. The molecule has 0 bridgehead atoms. The van der Waals surface area contributed by atoms with E-state index in [1.165, 1.54) is 6.07 Å². The van der Waals surface area contributed by atoms with Crippen LogP contribution in [0.15, 0.2) is 23.1 Å². The lowest BCUT2D eigenvalue weighted by atomic mass is 10.1. The Kier molecular flexibility index (Phi) is 4.29. The van der Waals surface area contributed by atoms with E-state index >= 15 is 0 Å². The van der Waals surface area contributed by atoms with Crippen molar-refractivity contribution in [3.8, 4) is 0 Å². The number of rotatable bonds is 4. The molecule has 7 heteroatoms. The number of carbonyl (C=O) groups is 1.